The van der Waals surface area contributed by atoms with Crippen molar-refractivity contribution in [2.45, 2.75) is 16.7 Å². The van der Waals surface area contributed by atoms with Gasteiger partial charge in [0.25, 0.3) is 20.2 Å². The van der Waals surface area contributed by atoms with Crippen molar-refractivity contribution in [3.63, 3.8) is 0 Å². The summed E-state index contributed by atoms with van der Waals surface area (Å²) in [5.74, 6) is -2.58. The molecule has 17 heteroatoms. The van der Waals surface area contributed by atoms with E-state index < -0.39 is 59.2 Å². The van der Waals surface area contributed by atoms with E-state index in [4.69, 9.17) is 0 Å². The first-order valence-corrected chi connectivity index (χ1v) is 12.6. The van der Waals surface area contributed by atoms with E-state index in [1.165, 1.54) is 30.6 Å². The van der Waals surface area contributed by atoms with Gasteiger partial charge in [-0.3, -0.25) is 19.3 Å². The number of aromatic amines is 2. The molecule has 1 aliphatic carbocycles. The lowest BCUT2D eigenvalue weighted by Crippen LogP contribution is -2.33. The van der Waals surface area contributed by atoms with Crippen LogP contribution in [-0.4, -0.2) is 62.5 Å². The molecule has 4 rings (SSSR count). The number of carboxylic acid groups (broad SMARTS) is 1. The number of aliphatic carboxylic acids is 1. The number of hydrogen-bond donors (Lipinski definition) is 6. The van der Waals surface area contributed by atoms with Crippen LogP contribution >= 0.6 is 0 Å². The molecule has 2 heterocycles. The number of carboxylic acids is 1. The molecule has 3 aromatic rings. The van der Waals surface area contributed by atoms with Crippen LogP contribution in [-0.2, 0) is 30.4 Å². The summed E-state index contributed by atoms with van der Waals surface area (Å²) in [7, 11) is -9.73. The molecular weight excluding hydrogens is 520 g/mol. The molecule has 0 radical (unpaired) electrons. The Morgan fingerprint density at radius 1 is 0.972 bits per heavy atom. The SMILES string of the molecule is O=C(O)C1=C(S(=O)(=O)O)C(O)=CC(c2ccc(S(=O)(=O)O)cc2)(c2cn[nH]c2N=Nc2ccn[nH]2)C1. The maximum atomic E-state index is 12.0. The minimum absolute atomic E-state index is 0.0208. The van der Waals surface area contributed by atoms with Crippen LogP contribution in [0.25, 0.3) is 0 Å². The molecular formula is C19H16N6O9S2. The second-order valence-corrected chi connectivity index (χ2v) is 10.3. The summed E-state index contributed by atoms with van der Waals surface area (Å²) in [6.45, 7) is 0. The van der Waals surface area contributed by atoms with Crippen LogP contribution < -0.4 is 0 Å². The van der Waals surface area contributed by atoms with E-state index in [2.05, 4.69) is 30.6 Å². The number of aliphatic hydroxyl groups is 1. The van der Waals surface area contributed by atoms with Crippen molar-refractivity contribution in [3.8, 4) is 0 Å². The Bertz CT molecular complexity index is 1640. The summed E-state index contributed by atoms with van der Waals surface area (Å²) in [5, 5.41) is 41.1. The van der Waals surface area contributed by atoms with Gasteiger partial charge in [0.15, 0.2) is 11.6 Å². The van der Waals surface area contributed by atoms with Gasteiger partial charge in [-0.2, -0.15) is 27.0 Å². The van der Waals surface area contributed by atoms with Gasteiger partial charge in [-0.15, -0.1) is 10.2 Å². The van der Waals surface area contributed by atoms with Crippen molar-refractivity contribution < 1.29 is 40.9 Å². The molecule has 1 aliphatic rings. The molecule has 1 aromatic carbocycles. The van der Waals surface area contributed by atoms with E-state index in [9.17, 15) is 40.9 Å². The van der Waals surface area contributed by atoms with Crippen molar-refractivity contribution in [2.24, 2.45) is 10.2 Å². The van der Waals surface area contributed by atoms with Gasteiger partial charge in [0, 0.05) is 11.6 Å². The number of aliphatic hydroxyl groups excluding tert-OH is 1. The first-order chi connectivity index (χ1) is 16.8. The van der Waals surface area contributed by atoms with Crippen LogP contribution in [0.5, 0.6) is 0 Å². The Balaban J connectivity index is 1.98. The van der Waals surface area contributed by atoms with Gasteiger partial charge in [0.1, 0.15) is 10.7 Å². The quantitative estimate of drug-likeness (QED) is 0.188. The summed E-state index contributed by atoms with van der Waals surface area (Å²) in [5.41, 5.74) is -2.27. The van der Waals surface area contributed by atoms with Crippen LogP contribution in [0, 0.1) is 0 Å². The largest absolute Gasteiger partial charge is 0.507 e. The van der Waals surface area contributed by atoms with Crippen molar-refractivity contribution in [1.29, 1.82) is 0 Å². The first kappa shape index (κ1) is 24.9. The smallest absolute Gasteiger partial charge is 0.333 e. The zero-order chi connectivity index (χ0) is 26.3. The lowest BCUT2D eigenvalue weighted by atomic mass is 9.68. The number of hydrogen-bond acceptors (Lipinski definition) is 10. The number of aromatic nitrogens is 4. The first-order valence-electron chi connectivity index (χ1n) is 9.72. The minimum Gasteiger partial charge on any atom is -0.507 e. The topological polar surface area (TPSA) is 248 Å². The summed E-state index contributed by atoms with van der Waals surface area (Å²) >= 11 is 0. The third kappa shape index (κ3) is 4.54. The summed E-state index contributed by atoms with van der Waals surface area (Å²) in [6.07, 6.45) is 2.99. The molecule has 0 aliphatic heterocycles. The number of carbonyl (C=O) groups is 1. The molecule has 1 atom stereocenters. The third-order valence-corrected chi connectivity index (χ3v) is 7.21. The van der Waals surface area contributed by atoms with Crippen LogP contribution in [0.3, 0.4) is 0 Å². The predicted molar refractivity (Wildman–Crippen MR) is 120 cm³/mol. The Morgan fingerprint density at radius 2 is 1.67 bits per heavy atom. The fourth-order valence-corrected chi connectivity index (χ4v) is 5.13. The van der Waals surface area contributed by atoms with Crippen LogP contribution in [0.4, 0.5) is 11.6 Å². The molecule has 0 saturated heterocycles. The maximum absolute atomic E-state index is 12.0. The van der Waals surface area contributed by atoms with Crippen molar-refractivity contribution in [2.75, 3.05) is 0 Å². The molecule has 0 bridgehead atoms. The molecule has 0 spiro atoms. The van der Waals surface area contributed by atoms with E-state index >= 15 is 0 Å². The lowest BCUT2D eigenvalue weighted by Gasteiger charge is -2.35. The number of nitrogens with one attached hydrogen (secondary N) is 2. The zero-order valence-electron chi connectivity index (χ0n) is 17.8. The van der Waals surface area contributed by atoms with Crippen LogP contribution in [0.1, 0.15) is 17.5 Å². The molecule has 15 nitrogen and oxygen atoms in total. The summed E-state index contributed by atoms with van der Waals surface area (Å²) in [4.78, 5) is 10.4. The molecule has 0 amide bonds. The number of rotatable bonds is 7. The van der Waals surface area contributed by atoms with Gasteiger partial charge in [0.2, 0.25) is 0 Å². The molecule has 36 heavy (non-hydrogen) atoms. The summed E-state index contributed by atoms with van der Waals surface area (Å²) in [6, 6.07) is 6.03. The van der Waals surface area contributed by atoms with E-state index in [1.807, 2.05) is 0 Å². The Hall–Kier alpha value is -4.19. The Morgan fingerprint density at radius 3 is 2.22 bits per heavy atom. The van der Waals surface area contributed by atoms with Crippen LogP contribution in [0.2, 0.25) is 0 Å². The highest BCUT2D eigenvalue weighted by Crippen LogP contribution is 2.48. The highest BCUT2D eigenvalue weighted by atomic mass is 32.2. The van der Waals surface area contributed by atoms with Gasteiger partial charge in [-0.1, -0.05) is 12.1 Å². The number of allylic oxidation sites excluding steroid dienone is 1. The normalized spacial score (nSPS) is 19.0. The third-order valence-electron chi connectivity index (χ3n) is 5.37. The molecule has 2 aromatic heterocycles. The van der Waals surface area contributed by atoms with Gasteiger partial charge in [-0.05, 0) is 30.2 Å². The van der Waals surface area contributed by atoms with E-state index in [0.29, 0.717) is 0 Å². The van der Waals surface area contributed by atoms with Gasteiger partial charge in [-0.25, -0.2) is 4.79 Å². The molecule has 188 valence electrons. The average molecular weight is 537 g/mol. The highest BCUT2D eigenvalue weighted by Gasteiger charge is 2.45. The molecule has 6 N–H and O–H groups in total. The highest BCUT2D eigenvalue weighted by molar-refractivity contribution is 7.90. The Labute approximate surface area is 202 Å². The van der Waals surface area contributed by atoms with Gasteiger partial charge < -0.3 is 10.2 Å². The van der Waals surface area contributed by atoms with Crippen LogP contribution in [0.15, 0.2) is 80.2 Å². The number of azo groups is 1. The Kier molecular flexibility index (Phi) is 6.08. The van der Waals surface area contributed by atoms with E-state index in [1.54, 1.807) is 0 Å². The van der Waals surface area contributed by atoms with Gasteiger partial charge in [0.05, 0.1) is 28.3 Å². The minimum atomic E-state index is -5.15. The number of nitrogens with zero attached hydrogens (tertiary/aromatic N) is 4. The standard InChI is InChI=1S/C19H16N6O9S2/c26-14-8-19(7-12(18(27)28)16(14)36(32,33)34,10-1-3-11(4-2-10)35(29,30)31)13-9-21-24-17(13)25-23-15-5-6-20-22-15/h1-6,8-9,26H,7H2,(H,20,22)(H,21,24)(H,27,28)(H,29,30,31)(H,32,33,34). The summed E-state index contributed by atoms with van der Waals surface area (Å²) < 4.78 is 65.6. The average Bonchev–Trinajstić information content (AvgIpc) is 3.47. The zero-order valence-corrected chi connectivity index (χ0v) is 19.4. The van der Waals surface area contributed by atoms with Gasteiger partial charge >= 0.3 is 5.97 Å². The van der Waals surface area contributed by atoms with Crippen molar-refractivity contribution in [3.05, 3.63) is 76.2 Å². The second kappa shape index (κ2) is 8.79. The fraction of sp³-hybridized carbons (Fsp3) is 0.105. The van der Waals surface area contributed by atoms with E-state index in [0.717, 1.165) is 18.2 Å². The van der Waals surface area contributed by atoms with Crippen molar-refractivity contribution >= 4 is 37.8 Å². The predicted octanol–water partition coefficient (Wildman–Crippen LogP) is 2.15. The molecule has 0 saturated carbocycles. The monoisotopic (exact) mass is 536 g/mol. The van der Waals surface area contributed by atoms with E-state index in [-0.39, 0.29) is 22.8 Å². The fourth-order valence-electron chi connectivity index (χ4n) is 3.85. The molecule has 1 unspecified atom stereocenters. The lowest BCUT2D eigenvalue weighted by molar-refractivity contribution is -0.133. The maximum Gasteiger partial charge on any atom is 0.333 e. The second-order valence-electron chi connectivity index (χ2n) is 7.54. The number of benzene rings is 1. The molecule has 0 fully saturated rings. The number of H-pyrrole nitrogens is 2. The van der Waals surface area contributed by atoms with Crippen molar-refractivity contribution in [1.82, 2.24) is 20.4 Å².